The maximum Gasteiger partial charge on any atom is 0.161 e. The SMILES string of the molecule is Cc1ccc2c(-c3c(CC4COC(Cc5ccc(Cc6ccc(C[C-]7COC7)cc6)cc5)OC4)ccc4cc(C)ccc34)cc(CC3COC(Cc4ccc(Cc5ccc(C[C-]6COC6)cc5)cc4)OC3)cc2c1.[W].[W]. The Hall–Kier alpha value is -4.58. The first-order chi connectivity index (χ1) is 36.3. The number of hydrogen-bond donors (Lipinski definition) is 0. The number of benzene rings is 8. The summed E-state index contributed by atoms with van der Waals surface area (Å²) in [7, 11) is 0. The van der Waals surface area contributed by atoms with Crippen molar-refractivity contribution in [1.82, 2.24) is 0 Å². The van der Waals surface area contributed by atoms with Gasteiger partial charge >= 0.3 is 0 Å². The molecule has 0 amide bonds. The molecule has 4 saturated heterocycles. The molecular formula is C68H68O6W2-2. The van der Waals surface area contributed by atoms with E-state index in [2.05, 4.69) is 172 Å². The Bertz CT molecular complexity index is 3170. The van der Waals surface area contributed by atoms with Gasteiger partial charge in [-0.1, -0.05) is 206 Å². The molecule has 12 rings (SSSR count). The zero-order chi connectivity index (χ0) is 49.8. The minimum Gasteiger partial charge on any atom is -0.444 e. The van der Waals surface area contributed by atoms with E-state index in [9.17, 15) is 0 Å². The van der Waals surface area contributed by atoms with Crippen LogP contribution in [0.4, 0.5) is 0 Å². The standard InChI is InChI=1S/C68H68O6.2W/c1-45-4-24-64-60(25-45)21-22-61(33-59-43-73-67(74-44-59)36-54-19-15-50(16-20-54)28-48-7-11-52(12-8-48)30-57-39-70-40-57)68(64)65-34-55(32-62-26-46(2)3-23-63(62)65)31-58-41-71-66(72-42-58)35-53-17-13-49(14-18-53)27-47-5-9-51(10-6-47)29-56-37-69-38-56;;/h3-26,32,34,58-59,66-67H,27-31,33,35-44H2,1-2H3;;/q-2;;. The molecule has 76 heavy (non-hydrogen) atoms. The third kappa shape index (κ3) is 13.6. The van der Waals surface area contributed by atoms with Crippen LogP contribution in [-0.4, -0.2) is 65.4 Å². The first-order valence-corrected chi connectivity index (χ1v) is 27.0. The van der Waals surface area contributed by atoms with Crippen LogP contribution in [0.1, 0.15) is 66.8 Å². The summed E-state index contributed by atoms with van der Waals surface area (Å²) in [5, 5.41) is 5.09. The van der Waals surface area contributed by atoms with Crippen molar-refractivity contribution in [2.45, 2.75) is 77.8 Å². The summed E-state index contributed by atoms with van der Waals surface area (Å²) < 4.78 is 36.6. The predicted octanol–water partition coefficient (Wildman–Crippen LogP) is 13.3. The second-order valence-electron chi connectivity index (χ2n) is 21.9. The van der Waals surface area contributed by atoms with Crippen LogP contribution in [0, 0.1) is 37.5 Å². The fourth-order valence-corrected chi connectivity index (χ4v) is 11.4. The van der Waals surface area contributed by atoms with Gasteiger partial charge in [0.15, 0.2) is 12.6 Å². The molecular weight excluding hydrogens is 1280 g/mol. The van der Waals surface area contributed by atoms with Gasteiger partial charge in [0.1, 0.15) is 0 Å². The summed E-state index contributed by atoms with van der Waals surface area (Å²) in [6, 6.07) is 59.4. The van der Waals surface area contributed by atoms with E-state index >= 15 is 0 Å². The van der Waals surface area contributed by atoms with E-state index in [1.807, 2.05) is 0 Å². The van der Waals surface area contributed by atoms with Crippen molar-refractivity contribution >= 4 is 21.5 Å². The Morgan fingerprint density at radius 3 is 1.26 bits per heavy atom. The van der Waals surface area contributed by atoms with Gasteiger partial charge in [0, 0.05) is 66.8 Å². The van der Waals surface area contributed by atoms with E-state index in [4.69, 9.17) is 28.4 Å². The zero-order valence-corrected chi connectivity index (χ0v) is 49.8. The first kappa shape index (κ1) is 54.8. The van der Waals surface area contributed by atoms with Gasteiger partial charge in [-0.25, -0.2) is 0 Å². The van der Waals surface area contributed by atoms with Gasteiger partial charge in [-0.2, -0.15) is 0 Å². The van der Waals surface area contributed by atoms with Crippen LogP contribution in [0.15, 0.2) is 158 Å². The number of rotatable bonds is 17. The van der Waals surface area contributed by atoms with Crippen LogP contribution in [0.3, 0.4) is 0 Å². The van der Waals surface area contributed by atoms with Crippen LogP contribution in [-0.2, 0) is 122 Å². The Kier molecular flexibility index (Phi) is 18.4. The van der Waals surface area contributed by atoms with Crippen LogP contribution < -0.4 is 0 Å². The van der Waals surface area contributed by atoms with Gasteiger partial charge in [0.25, 0.3) is 0 Å². The van der Waals surface area contributed by atoms with Gasteiger partial charge in [0.05, 0.1) is 26.4 Å². The molecule has 0 spiro atoms. The number of aryl methyl sites for hydroxylation is 2. The maximum atomic E-state index is 6.50. The molecule has 0 N–H and O–H groups in total. The Balaban J connectivity index is 0.00000328. The normalized spacial score (nSPS) is 19.9. The van der Waals surface area contributed by atoms with E-state index in [1.165, 1.54) is 111 Å². The summed E-state index contributed by atoms with van der Waals surface area (Å²) in [5.74, 6) is 3.46. The minimum absolute atomic E-state index is 0. The van der Waals surface area contributed by atoms with Crippen LogP contribution in [0.25, 0.3) is 32.7 Å². The summed E-state index contributed by atoms with van der Waals surface area (Å²) in [6.07, 6.45) is 6.63. The summed E-state index contributed by atoms with van der Waals surface area (Å²) in [4.78, 5) is 0. The molecule has 4 fully saturated rings. The molecule has 0 aromatic heterocycles. The van der Waals surface area contributed by atoms with Crippen molar-refractivity contribution in [3.8, 4) is 11.1 Å². The van der Waals surface area contributed by atoms with Crippen molar-refractivity contribution in [3.05, 3.63) is 236 Å². The first-order valence-electron chi connectivity index (χ1n) is 27.0. The van der Waals surface area contributed by atoms with E-state index < -0.39 is 0 Å². The fraction of sp³-hybridized carbons (Fsp3) is 0.324. The molecule has 4 heterocycles. The maximum absolute atomic E-state index is 6.50. The fourth-order valence-electron chi connectivity index (χ4n) is 11.4. The van der Waals surface area contributed by atoms with E-state index in [-0.39, 0.29) is 66.5 Å². The smallest absolute Gasteiger partial charge is 0.161 e. The average Bonchev–Trinajstić information content (AvgIpc) is 3.40. The number of fused-ring (bicyclic) bond motifs is 2. The van der Waals surface area contributed by atoms with Crippen LogP contribution in [0.2, 0.25) is 0 Å². The molecule has 0 atom stereocenters. The van der Waals surface area contributed by atoms with Crippen LogP contribution >= 0.6 is 0 Å². The van der Waals surface area contributed by atoms with Gasteiger partial charge < -0.3 is 28.4 Å². The molecule has 8 heteroatoms. The Labute approximate surface area is 478 Å². The quantitative estimate of drug-likeness (QED) is 0.0847. The molecule has 0 aliphatic carbocycles. The predicted molar refractivity (Wildman–Crippen MR) is 296 cm³/mol. The molecule has 0 bridgehead atoms. The van der Waals surface area contributed by atoms with Gasteiger partial charge in [0.2, 0.25) is 0 Å². The van der Waals surface area contributed by atoms with Crippen molar-refractivity contribution in [1.29, 1.82) is 0 Å². The molecule has 390 valence electrons. The largest absolute Gasteiger partial charge is 0.444 e. The summed E-state index contributed by atoms with van der Waals surface area (Å²) in [5.41, 5.74) is 18.2. The zero-order valence-electron chi connectivity index (χ0n) is 43.9. The molecule has 0 radical (unpaired) electrons. The molecule has 8 aromatic carbocycles. The monoisotopic (exact) mass is 1350 g/mol. The minimum atomic E-state index is -0.252. The second-order valence-corrected chi connectivity index (χ2v) is 21.9. The summed E-state index contributed by atoms with van der Waals surface area (Å²) in [6.45, 7) is 10.3. The average molecular weight is 1350 g/mol. The molecule has 4 aliphatic heterocycles. The van der Waals surface area contributed by atoms with Crippen molar-refractivity contribution in [2.24, 2.45) is 11.8 Å². The molecule has 0 saturated carbocycles. The third-order valence-electron chi connectivity index (χ3n) is 15.6. The van der Waals surface area contributed by atoms with Crippen molar-refractivity contribution < 1.29 is 70.6 Å². The molecule has 4 aliphatic rings. The van der Waals surface area contributed by atoms with Crippen LogP contribution in [0.5, 0.6) is 0 Å². The summed E-state index contributed by atoms with van der Waals surface area (Å²) >= 11 is 0. The molecule has 0 unspecified atom stereocenters. The van der Waals surface area contributed by atoms with E-state index in [0.717, 1.165) is 77.8 Å². The molecule has 8 aromatic rings. The Morgan fingerprint density at radius 2 is 0.803 bits per heavy atom. The van der Waals surface area contributed by atoms with E-state index in [1.54, 1.807) is 0 Å². The topological polar surface area (TPSA) is 55.4 Å². The third-order valence-corrected chi connectivity index (χ3v) is 15.6. The number of hydrogen-bond acceptors (Lipinski definition) is 6. The van der Waals surface area contributed by atoms with Gasteiger partial charge in [-0.15, -0.1) is 12.8 Å². The number of ether oxygens (including phenoxy) is 6. The van der Waals surface area contributed by atoms with E-state index in [0.29, 0.717) is 26.4 Å². The molecule has 6 nitrogen and oxygen atoms in total. The van der Waals surface area contributed by atoms with Gasteiger partial charge in [-0.05, 0) is 117 Å². The second kappa shape index (κ2) is 25.5. The van der Waals surface area contributed by atoms with Crippen molar-refractivity contribution in [3.63, 3.8) is 0 Å². The van der Waals surface area contributed by atoms with Crippen molar-refractivity contribution in [2.75, 3.05) is 52.9 Å². The Morgan fingerprint density at radius 1 is 0.382 bits per heavy atom. The van der Waals surface area contributed by atoms with Gasteiger partial charge in [-0.3, -0.25) is 11.8 Å².